The van der Waals surface area contributed by atoms with Gasteiger partial charge >= 0.3 is 0 Å². The molecule has 0 saturated carbocycles. The van der Waals surface area contributed by atoms with Crippen molar-refractivity contribution in [1.29, 1.82) is 0 Å². The van der Waals surface area contributed by atoms with E-state index in [4.69, 9.17) is 4.74 Å². The Morgan fingerprint density at radius 2 is 2.06 bits per heavy atom. The summed E-state index contributed by atoms with van der Waals surface area (Å²) in [4.78, 5) is 11.7. The predicted octanol–water partition coefficient (Wildman–Crippen LogP) is 3.25. The third-order valence-corrected chi connectivity index (χ3v) is 3.05. The lowest BCUT2D eigenvalue weighted by atomic mass is 10.0. The average molecular weight is 258 g/mol. The number of Topliss-reactive ketones (excluding diaryl/α,β-unsaturated/α-hetero) is 1. The van der Waals surface area contributed by atoms with E-state index in [0.717, 1.165) is 25.0 Å². The second-order valence-corrected chi connectivity index (χ2v) is 4.32. The Kier molecular flexibility index (Phi) is 4.01. The Bertz CT molecular complexity index is 454. The summed E-state index contributed by atoms with van der Waals surface area (Å²) in [5.41, 5.74) is -0.396. The molecule has 0 bridgehead atoms. The number of ketones is 1. The molecule has 18 heavy (non-hydrogen) atoms. The molecule has 0 amide bonds. The summed E-state index contributed by atoms with van der Waals surface area (Å²) >= 11 is 0. The van der Waals surface area contributed by atoms with Gasteiger partial charge in [0.15, 0.2) is 23.2 Å². The van der Waals surface area contributed by atoms with Crippen LogP contribution in [0.3, 0.4) is 0 Å². The maximum Gasteiger partial charge on any atom is 0.195 e. The summed E-state index contributed by atoms with van der Waals surface area (Å²) in [7, 11) is 0. The molecule has 5 heteroatoms. The van der Waals surface area contributed by atoms with Crippen LogP contribution in [0.1, 0.15) is 36.0 Å². The first kappa shape index (κ1) is 13.1. The van der Waals surface area contributed by atoms with Crippen LogP contribution in [-0.4, -0.2) is 18.5 Å². The largest absolute Gasteiger partial charge is 0.378 e. The molecule has 1 atom stereocenters. The maximum atomic E-state index is 13.3. The highest BCUT2D eigenvalue weighted by Crippen LogP contribution is 2.21. The molecule has 0 aromatic heterocycles. The second kappa shape index (κ2) is 5.52. The number of carbonyl (C=O) groups excluding carboxylic acids is 1. The molecule has 1 fully saturated rings. The number of ether oxygens (including phenoxy) is 1. The average Bonchev–Trinajstić information content (AvgIpc) is 2.86. The summed E-state index contributed by atoms with van der Waals surface area (Å²) in [5.74, 6) is -4.82. The van der Waals surface area contributed by atoms with Gasteiger partial charge in [0, 0.05) is 13.0 Å². The Hall–Kier alpha value is -1.36. The van der Waals surface area contributed by atoms with E-state index >= 15 is 0 Å². The van der Waals surface area contributed by atoms with Crippen molar-refractivity contribution < 1.29 is 22.7 Å². The lowest BCUT2D eigenvalue weighted by molar-refractivity contribution is 0.0855. The molecule has 1 aromatic rings. The van der Waals surface area contributed by atoms with E-state index in [0.29, 0.717) is 13.0 Å². The molecule has 98 valence electrons. The zero-order valence-electron chi connectivity index (χ0n) is 9.72. The zero-order valence-corrected chi connectivity index (χ0v) is 9.72. The van der Waals surface area contributed by atoms with Crippen LogP contribution in [0.25, 0.3) is 0 Å². The van der Waals surface area contributed by atoms with E-state index in [1.165, 1.54) is 0 Å². The van der Waals surface area contributed by atoms with Crippen molar-refractivity contribution in [3.8, 4) is 0 Å². The molecular weight excluding hydrogens is 245 g/mol. The van der Waals surface area contributed by atoms with Gasteiger partial charge in [-0.1, -0.05) is 0 Å². The highest BCUT2D eigenvalue weighted by Gasteiger charge is 2.21. The fourth-order valence-corrected chi connectivity index (χ4v) is 2.04. The van der Waals surface area contributed by atoms with E-state index in [9.17, 15) is 18.0 Å². The van der Waals surface area contributed by atoms with Crippen LogP contribution >= 0.6 is 0 Å². The first-order valence-corrected chi connectivity index (χ1v) is 5.88. The number of hydrogen-bond acceptors (Lipinski definition) is 2. The third-order valence-electron chi connectivity index (χ3n) is 3.05. The molecule has 0 spiro atoms. The number of benzene rings is 1. The highest BCUT2D eigenvalue weighted by atomic mass is 19.2. The van der Waals surface area contributed by atoms with Crippen molar-refractivity contribution in [2.75, 3.05) is 6.61 Å². The molecule has 1 aliphatic rings. The molecule has 1 heterocycles. The van der Waals surface area contributed by atoms with Crippen LogP contribution in [0.5, 0.6) is 0 Å². The lowest BCUT2D eigenvalue weighted by Gasteiger charge is -2.08. The van der Waals surface area contributed by atoms with Crippen molar-refractivity contribution in [3.05, 3.63) is 35.1 Å². The van der Waals surface area contributed by atoms with Gasteiger partial charge in [0.25, 0.3) is 0 Å². The van der Waals surface area contributed by atoms with Crippen molar-refractivity contribution >= 4 is 5.78 Å². The number of rotatable bonds is 4. The number of hydrogen-bond donors (Lipinski definition) is 0. The lowest BCUT2D eigenvalue weighted by Crippen LogP contribution is -2.11. The molecule has 2 nitrogen and oxygen atoms in total. The molecule has 1 unspecified atom stereocenters. The zero-order chi connectivity index (χ0) is 13.1. The highest BCUT2D eigenvalue weighted by molar-refractivity contribution is 5.96. The molecule has 0 N–H and O–H groups in total. The maximum absolute atomic E-state index is 13.3. The Balaban J connectivity index is 2.02. The van der Waals surface area contributed by atoms with E-state index in [-0.39, 0.29) is 12.5 Å². The Labute approximate surface area is 103 Å². The van der Waals surface area contributed by atoms with Crippen LogP contribution < -0.4 is 0 Å². The smallest absolute Gasteiger partial charge is 0.195 e. The van der Waals surface area contributed by atoms with Crippen molar-refractivity contribution in [1.82, 2.24) is 0 Å². The number of halogens is 3. The van der Waals surface area contributed by atoms with Crippen LogP contribution in [0.4, 0.5) is 13.2 Å². The number of carbonyl (C=O) groups is 1. The van der Waals surface area contributed by atoms with Gasteiger partial charge in [-0.3, -0.25) is 4.79 Å². The summed E-state index contributed by atoms with van der Waals surface area (Å²) in [5, 5.41) is 0. The first-order chi connectivity index (χ1) is 8.59. The van der Waals surface area contributed by atoms with Gasteiger partial charge in [-0.15, -0.1) is 0 Å². The molecule has 1 aromatic carbocycles. The normalized spacial score (nSPS) is 19.2. The fraction of sp³-hybridized carbons (Fsp3) is 0.462. The molecule has 1 saturated heterocycles. The van der Waals surface area contributed by atoms with Gasteiger partial charge in [0.1, 0.15) is 0 Å². The van der Waals surface area contributed by atoms with Crippen LogP contribution in [0.15, 0.2) is 12.1 Å². The summed E-state index contributed by atoms with van der Waals surface area (Å²) < 4.78 is 44.4. The van der Waals surface area contributed by atoms with Gasteiger partial charge in [-0.2, -0.15) is 0 Å². The van der Waals surface area contributed by atoms with E-state index in [2.05, 4.69) is 0 Å². The summed E-state index contributed by atoms with van der Waals surface area (Å²) in [6.45, 7) is 0.679. The topological polar surface area (TPSA) is 26.3 Å². The summed E-state index contributed by atoms with van der Waals surface area (Å²) in [6.07, 6.45) is 2.41. The summed E-state index contributed by atoms with van der Waals surface area (Å²) in [6, 6.07) is 1.74. The molecule has 1 aliphatic heterocycles. The molecule has 0 radical (unpaired) electrons. The Morgan fingerprint density at radius 1 is 1.28 bits per heavy atom. The van der Waals surface area contributed by atoms with E-state index in [1.54, 1.807) is 0 Å². The van der Waals surface area contributed by atoms with E-state index in [1.807, 2.05) is 0 Å². The van der Waals surface area contributed by atoms with Gasteiger partial charge in [0.2, 0.25) is 0 Å². The second-order valence-electron chi connectivity index (χ2n) is 4.32. The minimum atomic E-state index is -1.60. The third kappa shape index (κ3) is 2.72. The van der Waals surface area contributed by atoms with Crippen molar-refractivity contribution in [2.45, 2.75) is 31.8 Å². The predicted molar refractivity (Wildman–Crippen MR) is 58.9 cm³/mol. The SMILES string of the molecule is O=C(CCC1CCCO1)c1ccc(F)c(F)c1F. The van der Waals surface area contributed by atoms with Gasteiger partial charge in [-0.25, -0.2) is 13.2 Å². The Morgan fingerprint density at radius 3 is 2.72 bits per heavy atom. The van der Waals surface area contributed by atoms with Crippen LogP contribution in [0.2, 0.25) is 0 Å². The monoisotopic (exact) mass is 258 g/mol. The first-order valence-electron chi connectivity index (χ1n) is 5.88. The van der Waals surface area contributed by atoms with Gasteiger partial charge < -0.3 is 4.74 Å². The van der Waals surface area contributed by atoms with Crippen molar-refractivity contribution in [2.24, 2.45) is 0 Å². The molecular formula is C13H13F3O2. The minimum Gasteiger partial charge on any atom is -0.378 e. The molecule has 2 rings (SSSR count). The molecule has 0 aliphatic carbocycles. The van der Waals surface area contributed by atoms with Gasteiger partial charge in [-0.05, 0) is 31.4 Å². The van der Waals surface area contributed by atoms with Crippen molar-refractivity contribution in [3.63, 3.8) is 0 Å². The van der Waals surface area contributed by atoms with Crippen LogP contribution in [-0.2, 0) is 4.74 Å². The van der Waals surface area contributed by atoms with Crippen LogP contribution in [0, 0.1) is 17.5 Å². The fourth-order valence-electron chi connectivity index (χ4n) is 2.04. The quantitative estimate of drug-likeness (QED) is 0.612. The standard InChI is InChI=1S/C13H13F3O2/c14-10-5-4-9(12(15)13(10)16)11(17)6-3-8-2-1-7-18-8/h4-5,8H,1-3,6-7H2. The van der Waals surface area contributed by atoms with Gasteiger partial charge in [0.05, 0.1) is 11.7 Å². The van der Waals surface area contributed by atoms with E-state index < -0.39 is 28.8 Å². The minimum absolute atomic E-state index is 0.0160.